The van der Waals surface area contributed by atoms with Crippen LogP contribution < -0.4 is 10.1 Å². The van der Waals surface area contributed by atoms with E-state index in [0.29, 0.717) is 5.37 Å². The Morgan fingerprint density at radius 2 is 2.36 bits per heavy atom. The fourth-order valence-corrected chi connectivity index (χ4v) is 2.75. The summed E-state index contributed by atoms with van der Waals surface area (Å²) < 4.78 is 5.24. The largest absolute Gasteiger partial charge is 0.496 e. The fraction of sp³-hybridized carbons (Fsp3) is 0.455. The van der Waals surface area contributed by atoms with Crippen molar-refractivity contribution in [2.24, 2.45) is 0 Å². The molecule has 1 N–H and O–H groups in total. The van der Waals surface area contributed by atoms with E-state index in [0.717, 1.165) is 12.3 Å². The molecule has 1 aliphatic rings. The van der Waals surface area contributed by atoms with Crippen LogP contribution in [0.1, 0.15) is 16.5 Å². The topological polar surface area (TPSA) is 21.3 Å². The Kier molecular flexibility index (Phi) is 2.99. The van der Waals surface area contributed by atoms with E-state index in [4.69, 9.17) is 4.74 Å². The lowest BCUT2D eigenvalue weighted by Crippen LogP contribution is -2.12. The molecule has 1 aliphatic heterocycles. The number of rotatable bonds is 2. The maximum absolute atomic E-state index is 5.24. The van der Waals surface area contributed by atoms with E-state index in [9.17, 15) is 0 Å². The van der Waals surface area contributed by atoms with Crippen LogP contribution in [-0.2, 0) is 0 Å². The molecule has 0 aromatic heterocycles. The first-order valence-corrected chi connectivity index (χ1v) is 5.85. The highest BCUT2D eigenvalue weighted by atomic mass is 32.2. The Bertz CT molecular complexity index is 321. The van der Waals surface area contributed by atoms with E-state index < -0.39 is 0 Å². The zero-order chi connectivity index (χ0) is 9.97. The highest BCUT2D eigenvalue weighted by molar-refractivity contribution is 7.99. The third kappa shape index (κ3) is 1.88. The van der Waals surface area contributed by atoms with Gasteiger partial charge in [-0.15, -0.1) is 11.8 Å². The molecule has 1 heterocycles. The van der Waals surface area contributed by atoms with Crippen molar-refractivity contribution in [2.45, 2.75) is 12.3 Å². The molecule has 14 heavy (non-hydrogen) atoms. The van der Waals surface area contributed by atoms with E-state index >= 15 is 0 Å². The van der Waals surface area contributed by atoms with Gasteiger partial charge in [-0.05, 0) is 30.2 Å². The van der Waals surface area contributed by atoms with E-state index in [1.54, 1.807) is 7.11 Å². The first kappa shape index (κ1) is 9.87. The minimum absolute atomic E-state index is 0.472. The lowest BCUT2D eigenvalue weighted by Gasteiger charge is -2.12. The van der Waals surface area contributed by atoms with Gasteiger partial charge in [0.1, 0.15) is 5.75 Å². The molecule has 0 radical (unpaired) electrons. The van der Waals surface area contributed by atoms with Crippen molar-refractivity contribution in [3.05, 3.63) is 29.3 Å². The molecule has 1 aromatic rings. The lowest BCUT2D eigenvalue weighted by atomic mass is 10.1. The van der Waals surface area contributed by atoms with Crippen LogP contribution in [0.4, 0.5) is 0 Å². The van der Waals surface area contributed by atoms with Crippen LogP contribution in [0.25, 0.3) is 0 Å². The minimum Gasteiger partial charge on any atom is -0.496 e. The second-order valence-electron chi connectivity index (χ2n) is 3.43. The highest BCUT2D eigenvalue weighted by Crippen LogP contribution is 2.32. The van der Waals surface area contributed by atoms with E-state index in [1.165, 1.54) is 16.9 Å². The van der Waals surface area contributed by atoms with Gasteiger partial charge in [-0.3, -0.25) is 0 Å². The number of ether oxygens (including phenoxy) is 1. The third-order valence-electron chi connectivity index (χ3n) is 2.44. The van der Waals surface area contributed by atoms with Crippen LogP contribution in [0.5, 0.6) is 5.75 Å². The molecule has 0 saturated carbocycles. The summed E-state index contributed by atoms with van der Waals surface area (Å²) in [5.74, 6) is 2.17. The average molecular weight is 209 g/mol. The molecule has 1 fully saturated rings. The lowest BCUT2D eigenvalue weighted by molar-refractivity contribution is 0.411. The molecule has 3 heteroatoms. The standard InChI is InChI=1S/C11H15NOS/c1-8-7-9(3-4-10(8)13-2)11-12-5-6-14-11/h3-4,7,11-12H,5-6H2,1-2H3. The average Bonchev–Trinajstić information content (AvgIpc) is 2.70. The summed E-state index contributed by atoms with van der Waals surface area (Å²) in [6.07, 6.45) is 0. The van der Waals surface area contributed by atoms with E-state index in [1.807, 2.05) is 17.8 Å². The number of nitrogens with one attached hydrogen (secondary N) is 1. The van der Waals surface area contributed by atoms with Gasteiger partial charge in [-0.2, -0.15) is 0 Å². The first-order valence-electron chi connectivity index (χ1n) is 4.81. The second kappa shape index (κ2) is 4.24. The molecule has 0 bridgehead atoms. The number of hydrogen-bond acceptors (Lipinski definition) is 3. The molecule has 0 amide bonds. The summed E-state index contributed by atoms with van der Waals surface area (Å²) in [6.45, 7) is 3.20. The van der Waals surface area contributed by atoms with Crippen LogP contribution in [0.2, 0.25) is 0 Å². The Morgan fingerprint density at radius 3 is 2.93 bits per heavy atom. The van der Waals surface area contributed by atoms with Crippen molar-refractivity contribution in [1.82, 2.24) is 5.32 Å². The fourth-order valence-electron chi connectivity index (χ4n) is 1.70. The van der Waals surface area contributed by atoms with Gasteiger partial charge in [0.2, 0.25) is 0 Å². The second-order valence-corrected chi connectivity index (χ2v) is 4.65. The van der Waals surface area contributed by atoms with Crippen LogP contribution in [0.15, 0.2) is 18.2 Å². The Hall–Kier alpha value is -0.670. The van der Waals surface area contributed by atoms with Crippen molar-refractivity contribution >= 4 is 11.8 Å². The summed E-state index contributed by atoms with van der Waals surface area (Å²) >= 11 is 1.97. The SMILES string of the molecule is COc1ccc(C2NCCS2)cc1C. The maximum Gasteiger partial charge on any atom is 0.121 e. The zero-order valence-corrected chi connectivity index (χ0v) is 9.36. The Balaban J connectivity index is 2.23. The van der Waals surface area contributed by atoms with Gasteiger partial charge in [-0.25, -0.2) is 0 Å². The van der Waals surface area contributed by atoms with Gasteiger partial charge in [0, 0.05) is 12.3 Å². The van der Waals surface area contributed by atoms with Gasteiger partial charge in [-0.1, -0.05) is 6.07 Å². The molecule has 0 spiro atoms. The van der Waals surface area contributed by atoms with E-state index in [2.05, 4.69) is 24.4 Å². The van der Waals surface area contributed by atoms with Crippen molar-refractivity contribution in [1.29, 1.82) is 0 Å². The summed E-state index contributed by atoms with van der Waals surface area (Å²) in [5, 5.41) is 3.93. The first-order chi connectivity index (χ1) is 6.81. The smallest absolute Gasteiger partial charge is 0.121 e. The molecule has 76 valence electrons. The Labute approximate surface area is 89.0 Å². The molecule has 2 rings (SSSR count). The van der Waals surface area contributed by atoms with Gasteiger partial charge < -0.3 is 10.1 Å². The predicted molar refractivity (Wildman–Crippen MR) is 60.9 cm³/mol. The molecule has 1 unspecified atom stereocenters. The molecule has 0 aliphatic carbocycles. The molecule has 1 atom stereocenters. The molecule has 2 nitrogen and oxygen atoms in total. The minimum atomic E-state index is 0.472. The van der Waals surface area contributed by atoms with Gasteiger partial charge in [0.15, 0.2) is 0 Å². The Morgan fingerprint density at radius 1 is 1.50 bits per heavy atom. The number of aryl methyl sites for hydroxylation is 1. The highest BCUT2D eigenvalue weighted by Gasteiger charge is 2.16. The van der Waals surface area contributed by atoms with Crippen molar-refractivity contribution in [3.8, 4) is 5.75 Å². The molecular weight excluding hydrogens is 194 g/mol. The summed E-state index contributed by atoms with van der Waals surface area (Å²) in [4.78, 5) is 0. The van der Waals surface area contributed by atoms with Crippen LogP contribution in [0, 0.1) is 6.92 Å². The van der Waals surface area contributed by atoms with Gasteiger partial charge in [0.25, 0.3) is 0 Å². The van der Waals surface area contributed by atoms with Crippen molar-refractivity contribution in [2.75, 3.05) is 19.4 Å². The number of hydrogen-bond donors (Lipinski definition) is 1. The predicted octanol–water partition coefficient (Wildman–Crippen LogP) is 2.34. The number of thioether (sulfide) groups is 1. The van der Waals surface area contributed by atoms with E-state index in [-0.39, 0.29) is 0 Å². The third-order valence-corrected chi connectivity index (χ3v) is 3.65. The van der Waals surface area contributed by atoms with Crippen molar-refractivity contribution < 1.29 is 4.74 Å². The monoisotopic (exact) mass is 209 g/mol. The molecule has 1 aromatic carbocycles. The molecule has 1 saturated heterocycles. The van der Waals surface area contributed by atoms with Gasteiger partial charge in [0.05, 0.1) is 12.5 Å². The van der Waals surface area contributed by atoms with Crippen molar-refractivity contribution in [3.63, 3.8) is 0 Å². The summed E-state index contributed by atoms with van der Waals surface area (Å²) in [5.41, 5.74) is 2.56. The number of benzene rings is 1. The maximum atomic E-state index is 5.24. The molecular formula is C11H15NOS. The van der Waals surface area contributed by atoms with Crippen LogP contribution in [0.3, 0.4) is 0 Å². The van der Waals surface area contributed by atoms with Gasteiger partial charge >= 0.3 is 0 Å². The van der Waals surface area contributed by atoms with Crippen LogP contribution in [-0.4, -0.2) is 19.4 Å². The quantitative estimate of drug-likeness (QED) is 0.808. The number of methoxy groups -OCH3 is 1. The zero-order valence-electron chi connectivity index (χ0n) is 8.54. The normalized spacial score (nSPS) is 21.1. The summed E-state index contributed by atoms with van der Waals surface area (Å²) in [6, 6.07) is 6.39. The van der Waals surface area contributed by atoms with Crippen LogP contribution >= 0.6 is 11.8 Å². The summed E-state index contributed by atoms with van der Waals surface area (Å²) in [7, 11) is 1.71.